The highest BCUT2D eigenvalue weighted by Crippen LogP contribution is 2.36. The number of nitrogens with zero attached hydrogens (tertiary/aromatic N) is 2. The Labute approximate surface area is 221 Å². The van der Waals surface area contributed by atoms with Gasteiger partial charge in [-0.2, -0.15) is 0 Å². The van der Waals surface area contributed by atoms with Crippen molar-refractivity contribution in [1.82, 2.24) is 4.57 Å². The van der Waals surface area contributed by atoms with Crippen LogP contribution in [0.1, 0.15) is 31.0 Å². The first-order chi connectivity index (χ1) is 17.7. The van der Waals surface area contributed by atoms with Crippen LogP contribution in [0.15, 0.2) is 76.2 Å². The maximum Gasteiger partial charge on any atom is 0.338 e. The smallest absolute Gasteiger partial charge is 0.338 e. The van der Waals surface area contributed by atoms with Crippen molar-refractivity contribution in [3.8, 4) is 11.5 Å². The first-order valence-electron chi connectivity index (χ1n) is 11.2. The third-order valence-corrected chi connectivity index (χ3v) is 6.70. The maximum absolute atomic E-state index is 13.7. The van der Waals surface area contributed by atoms with Crippen LogP contribution in [0.2, 0.25) is 5.02 Å². The number of benzene rings is 2. The van der Waals surface area contributed by atoms with Crippen molar-refractivity contribution in [2.45, 2.75) is 19.9 Å². The lowest BCUT2D eigenvalue weighted by molar-refractivity contribution is -0.138. The number of halogens is 1. The number of methoxy groups -OCH3 is 1. The third kappa shape index (κ3) is 5.42. The molecule has 0 saturated carbocycles. The van der Waals surface area contributed by atoms with Crippen LogP contribution in [-0.4, -0.2) is 30.2 Å². The Kier molecular flexibility index (Phi) is 7.75. The van der Waals surface area contributed by atoms with Gasteiger partial charge in [0.1, 0.15) is 6.61 Å². The molecule has 0 fully saturated rings. The summed E-state index contributed by atoms with van der Waals surface area (Å²) < 4.78 is 17.9. The molecule has 37 heavy (non-hydrogen) atoms. The summed E-state index contributed by atoms with van der Waals surface area (Å²) in [6.07, 6.45) is 3.19. The molecule has 0 amide bonds. The van der Waals surface area contributed by atoms with Gasteiger partial charge in [0.2, 0.25) is 0 Å². The molecule has 3 aromatic rings. The summed E-state index contributed by atoms with van der Waals surface area (Å²) in [5.41, 5.74) is 1.58. The zero-order chi connectivity index (χ0) is 26.7. The molecule has 4 rings (SSSR count). The van der Waals surface area contributed by atoms with Gasteiger partial charge >= 0.3 is 11.9 Å². The molecule has 8 nitrogen and oxygen atoms in total. The highest BCUT2D eigenvalue weighted by molar-refractivity contribution is 7.07. The average Bonchev–Trinajstić information content (AvgIpc) is 3.15. The van der Waals surface area contributed by atoms with Crippen LogP contribution in [-0.2, 0) is 14.3 Å². The van der Waals surface area contributed by atoms with E-state index in [0.717, 1.165) is 5.56 Å². The monoisotopic (exact) mass is 538 g/mol. The number of rotatable bonds is 7. The van der Waals surface area contributed by atoms with Gasteiger partial charge in [0.15, 0.2) is 16.3 Å². The molecule has 2 heterocycles. The van der Waals surface area contributed by atoms with E-state index in [1.54, 1.807) is 49.4 Å². The normalized spacial score (nSPS) is 15.0. The predicted octanol–water partition coefficient (Wildman–Crippen LogP) is 3.55. The van der Waals surface area contributed by atoms with E-state index < -0.39 is 18.0 Å². The summed E-state index contributed by atoms with van der Waals surface area (Å²) in [6.45, 7) is 6.56. The highest BCUT2D eigenvalue weighted by Gasteiger charge is 2.34. The first kappa shape index (κ1) is 26.1. The van der Waals surface area contributed by atoms with Crippen LogP contribution in [0.4, 0.5) is 0 Å². The molecule has 0 spiro atoms. The quantitative estimate of drug-likeness (QED) is 0.259. The minimum Gasteiger partial charge on any atom is -0.493 e. The number of allylic oxidation sites excluding steroid dienone is 1. The van der Waals surface area contributed by atoms with Crippen LogP contribution in [0, 0.1) is 0 Å². The van der Waals surface area contributed by atoms with Crippen LogP contribution >= 0.6 is 22.9 Å². The SMILES string of the molecule is C=CCOC(=O)C1=C(C)N=c2s/c(=C\c3cccc(Cl)c3)c(=O)n2C1c1ccc(OC(C)=O)c(OC)c1. The topological polar surface area (TPSA) is 96.2 Å². The van der Waals surface area contributed by atoms with Crippen molar-refractivity contribution in [2.75, 3.05) is 13.7 Å². The summed E-state index contributed by atoms with van der Waals surface area (Å²) in [4.78, 5) is 43.3. The van der Waals surface area contributed by atoms with Gasteiger partial charge in [-0.05, 0) is 48.4 Å². The molecule has 0 saturated heterocycles. The molecule has 0 radical (unpaired) electrons. The fourth-order valence-electron chi connectivity index (χ4n) is 3.95. The number of hydrogen-bond acceptors (Lipinski definition) is 8. The van der Waals surface area contributed by atoms with Crippen molar-refractivity contribution in [2.24, 2.45) is 4.99 Å². The van der Waals surface area contributed by atoms with E-state index in [4.69, 9.17) is 25.8 Å². The van der Waals surface area contributed by atoms with Gasteiger partial charge in [-0.3, -0.25) is 14.2 Å². The van der Waals surface area contributed by atoms with Gasteiger partial charge < -0.3 is 14.2 Å². The van der Waals surface area contributed by atoms with Crippen LogP contribution in [0.3, 0.4) is 0 Å². The second-order valence-electron chi connectivity index (χ2n) is 8.03. The molecular weight excluding hydrogens is 516 g/mol. The Bertz CT molecular complexity index is 1620. The zero-order valence-corrected chi connectivity index (χ0v) is 21.9. The lowest BCUT2D eigenvalue weighted by atomic mass is 9.95. The maximum atomic E-state index is 13.7. The third-order valence-electron chi connectivity index (χ3n) is 5.48. The second-order valence-corrected chi connectivity index (χ2v) is 9.47. The number of ether oxygens (including phenoxy) is 3. The van der Waals surface area contributed by atoms with Gasteiger partial charge in [-0.1, -0.05) is 53.8 Å². The lowest BCUT2D eigenvalue weighted by Crippen LogP contribution is -2.40. The summed E-state index contributed by atoms with van der Waals surface area (Å²) in [7, 11) is 1.43. The van der Waals surface area contributed by atoms with Crippen LogP contribution < -0.4 is 24.4 Å². The van der Waals surface area contributed by atoms with E-state index >= 15 is 0 Å². The fourth-order valence-corrected chi connectivity index (χ4v) is 5.20. The van der Waals surface area contributed by atoms with Crippen molar-refractivity contribution in [3.63, 3.8) is 0 Å². The molecule has 2 aromatic carbocycles. The molecule has 1 aliphatic rings. The number of carbonyl (C=O) groups is 2. The summed E-state index contributed by atoms with van der Waals surface area (Å²) in [5, 5.41) is 0.544. The Hall–Kier alpha value is -3.95. The van der Waals surface area contributed by atoms with E-state index in [-0.39, 0.29) is 29.2 Å². The molecular formula is C27H23ClN2O6S. The first-order valence-corrected chi connectivity index (χ1v) is 12.4. The van der Waals surface area contributed by atoms with Crippen LogP contribution in [0.25, 0.3) is 6.08 Å². The lowest BCUT2D eigenvalue weighted by Gasteiger charge is -2.25. The van der Waals surface area contributed by atoms with Crippen molar-refractivity contribution >= 4 is 41.0 Å². The van der Waals surface area contributed by atoms with Gasteiger partial charge in [-0.15, -0.1) is 0 Å². The van der Waals surface area contributed by atoms with Crippen LogP contribution in [0.5, 0.6) is 11.5 Å². The number of aromatic nitrogens is 1. The van der Waals surface area contributed by atoms with E-state index in [1.165, 1.54) is 36.0 Å². The molecule has 1 aromatic heterocycles. The largest absolute Gasteiger partial charge is 0.493 e. The van der Waals surface area contributed by atoms with Gasteiger partial charge in [-0.25, -0.2) is 9.79 Å². The van der Waals surface area contributed by atoms with Crippen molar-refractivity contribution in [1.29, 1.82) is 0 Å². The minimum absolute atomic E-state index is 0.00374. The van der Waals surface area contributed by atoms with E-state index in [1.807, 2.05) is 6.07 Å². The van der Waals surface area contributed by atoms with Gasteiger partial charge in [0.05, 0.1) is 29.0 Å². The van der Waals surface area contributed by atoms with Gasteiger partial charge in [0.25, 0.3) is 5.56 Å². The zero-order valence-electron chi connectivity index (χ0n) is 20.3. The second kappa shape index (κ2) is 11.0. The highest BCUT2D eigenvalue weighted by atomic mass is 35.5. The van der Waals surface area contributed by atoms with Crippen molar-refractivity contribution in [3.05, 3.63) is 102 Å². The van der Waals surface area contributed by atoms with E-state index in [9.17, 15) is 14.4 Å². The molecule has 0 aliphatic carbocycles. The standard InChI is InChI=1S/C27H23ClN2O6S/c1-5-11-35-26(33)23-15(2)29-27-30(25(32)22(37-27)13-17-7-6-8-19(28)12-17)24(23)18-9-10-20(36-16(3)31)21(14-18)34-4/h5-10,12-14,24H,1,11H2,2-4H3/b22-13-. The molecule has 1 aliphatic heterocycles. The van der Waals surface area contributed by atoms with Crippen molar-refractivity contribution < 1.29 is 23.8 Å². The Morgan fingerprint density at radius 1 is 1.22 bits per heavy atom. The average molecular weight is 539 g/mol. The molecule has 0 N–H and O–H groups in total. The number of hydrogen-bond donors (Lipinski definition) is 0. The predicted molar refractivity (Wildman–Crippen MR) is 141 cm³/mol. The molecule has 190 valence electrons. The minimum atomic E-state index is -0.865. The Morgan fingerprint density at radius 3 is 2.68 bits per heavy atom. The number of fused-ring (bicyclic) bond motifs is 1. The molecule has 10 heteroatoms. The van der Waals surface area contributed by atoms with E-state index in [0.29, 0.717) is 25.6 Å². The Balaban J connectivity index is 1.95. The summed E-state index contributed by atoms with van der Waals surface area (Å²) >= 11 is 7.32. The number of carbonyl (C=O) groups excluding carboxylic acids is 2. The summed E-state index contributed by atoms with van der Waals surface area (Å²) in [6, 6.07) is 11.1. The van der Waals surface area contributed by atoms with E-state index in [2.05, 4.69) is 11.6 Å². The number of thiazole rings is 1. The number of esters is 2. The van der Waals surface area contributed by atoms with Gasteiger partial charge in [0, 0.05) is 11.9 Å². The summed E-state index contributed by atoms with van der Waals surface area (Å²) in [5.74, 6) is -0.659. The Morgan fingerprint density at radius 2 is 2.00 bits per heavy atom. The molecule has 0 bridgehead atoms. The fraction of sp³-hybridized carbons (Fsp3) is 0.185. The molecule has 1 atom stereocenters. The molecule has 1 unspecified atom stereocenters.